The molecule has 2 N–H and O–H groups in total. The van der Waals surface area contributed by atoms with E-state index in [1.165, 1.54) is 10.9 Å². The van der Waals surface area contributed by atoms with Gasteiger partial charge in [0.05, 0.1) is 6.20 Å². The zero-order chi connectivity index (χ0) is 22.3. The van der Waals surface area contributed by atoms with Crippen LogP contribution in [0, 0.1) is 0 Å². The van der Waals surface area contributed by atoms with E-state index < -0.39 is 35.1 Å². The van der Waals surface area contributed by atoms with Crippen LogP contribution in [0.3, 0.4) is 0 Å². The number of nitrogens with one attached hydrogen (secondary N) is 2. The summed E-state index contributed by atoms with van der Waals surface area (Å²) >= 11 is 0. The van der Waals surface area contributed by atoms with Gasteiger partial charge in [0.1, 0.15) is 22.9 Å². The molecule has 11 heteroatoms. The fourth-order valence-electron chi connectivity index (χ4n) is 2.43. The van der Waals surface area contributed by atoms with Crippen molar-refractivity contribution in [1.82, 2.24) is 14.5 Å². The number of esters is 1. The Morgan fingerprint density at radius 3 is 2.52 bits per heavy atom. The molecule has 0 saturated carbocycles. The molecule has 0 aliphatic carbocycles. The number of anilines is 1. The molecular weight excluding hydrogens is 424 g/mol. The molecule has 1 aromatic heterocycles. The molecule has 0 atom stereocenters. The lowest BCUT2D eigenvalue weighted by atomic mass is 10.3. The van der Waals surface area contributed by atoms with Gasteiger partial charge < -0.3 is 14.8 Å². The van der Waals surface area contributed by atoms with Crippen molar-refractivity contribution in [2.75, 3.05) is 18.5 Å². The van der Waals surface area contributed by atoms with E-state index in [9.17, 15) is 18.0 Å². The summed E-state index contributed by atoms with van der Waals surface area (Å²) in [6.07, 6.45) is 2.44. The van der Waals surface area contributed by atoms with Crippen molar-refractivity contribution in [1.29, 1.82) is 0 Å². The molecule has 3 aromatic rings. The van der Waals surface area contributed by atoms with Gasteiger partial charge in [-0.05, 0) is 24.3 Å². The molecule has 0 bridgehead atoms. The molecule has 0 radical (unpaired) electrons. The van der Waals surface area contributed by atoms with Crippen molar-refractivity contribution < 1.29 is 27.5 Å². The van der Waals surface area contributed by atoms with Crippen LogP contribution in [-0.4, -0.2) is 43.2 Å². The molecule has 1 heterocycles. The third-order valence-electron chi connectivity index (χ3n) is 3.86. The zero-order valence-corrected chi connectivity index (χ0v) is 17.3. The van der Waals surface area contributed by atoms with Gasteiger partial charge in [-0.1, -0.05) is 24.3 Å². The molecule has 0 saturated heterocycles. The molecule has 31 heavy (non-hydrogen) atoms. The number of nitrogens with zero attached hydrogens (tertiary/aromatic N) is 2. The van der Waals surface area contributed by atoms with Crippen LogP contribution in [0.5, 0.6) is 11.5 Å². The molecule has 1 amide bonds. The maximum atomic E-state index is 12.0. The second-order valence-corrected chi connectivity index (χ2v) is 8.09. The quantitative estimate of drug-likeness (QED) is 0.480. The second-order valence-electron chi connectivity index (χ2n) is 6.33. The lowest BCUT2D eigenvalue weighted by Crippen LogP contribution is -2.32. The summed E-state index contributed by atoms with van der Waals surface area (Å²) in [5.41, 5.74) is 0.451. The maximum absolute atomic E-state index is 12.0. The predicted molar refractivity (Wildman–Crippen MR) is 111 cm³/mol. The van der Waals surface area contributed by atoms with Crippen LogP contribution >= 0.6 is 0 Å². The average Bonchev–Trinajstić information content (AvgIpc) is 3.19. The van der Waals surface area contributed by atoms with Crippen molar-refractivity contribution >= 4 is 27.6 Å². The molecular formula is C20H20N4O6S. The zero-order valence-electron chi connectivity index (χ0n) is 16.5. The average molecular weight is 444 g/mol. The van der Waals surface area contributed by atoms with E-state index in [0.29, 0.717) is 17.2 Å². The summed E-state index contributed by atoms with van der Waals surface area (Å²) in [5.74, 6) is -0.316. The van der Waals surface area contributed by atoms with E-state index in [1.54, 1.807) is 43.4 Å². The standard InChI is InChI=1S/C20H20N4O6S/c1-24-13-18(11-21-24)31(27,28)22-12-20(26)29-14-19(25)23-15-6-5-9-17(10-15)30-16-7-3-2-4-8-16/h2-11,13,22H,12,14H2,1H3,(H,23,25). The summed E-state index contributed by atoms with van der Waals surface area (Å²) in [6, 6.07) is 15.9. The molecule has 0 unspecified atom stereocenters. The molecule has 2 aromatic carbocycles. The fourth-order valence-corrected chi connectivity index (χ4v) is 3.38. The van der Waals surface area contributed by atoms with E-state index in [0.717, 1.165) is 6.20 Å². The third kappa shape index (κ3) is 6.66. The number of sulfonamides is 1. The van der Waals surface area contributed by atoms with Gasteiger partial charge in [0.2, 0.25) is 10.0 Å². The molecule has 162 valence electrons. The molecule has 0 fully saturated rings. The Morgan fingerprint density at radius 1 is 1.06 bits per heavy atom. The van der Waals surface area contributed by atoms with Gasteiger partial charge in [-0.2, -0.15) is 9.82 Å². The molecule has 0 spiro atoms. The van der Waals surface area contributed by atoms with E-state index in [1.807, 2.05) is 18.2 Å². The van der Waals surface area contributed by atoms with Crippen molar-refractivity contribution in [2.24, 2.45) is 7.05 Å². The van der Waals surface area contributed by atoms with E-state index in [2.05, 4.69) is 15.1 Å². The van der Waals surface area contributed by atoms with E-state index >= 15 is 0 Å². The first-order chi connectivity index (χ1) is 14.8. The maximum Gasteiger partial charge on any atom is 0.321 e. The number of para-hydroxylation sites is 1. The van der Waals surface area contributed by atoms with Gasteiger partial charge in [0.15, 0.2) is 6.61 Å². The Hall–Kier alpha value is -3.70. The number of carbonyl (C=O) groups is 2. The number of aryl methyl sites for hydroxylation is 1. The molecule has 0 aliphatic heterocycles. The van der Waals surface area contributed by atoms with Gasteiger partial charge in [-0.25, -0.2) is 8.42 Å². The number of hydrogen-bond donors (Lipinski definition) is 2. The highest BCUT2D eigenvalue weighted by Gasteiger charge is 2.18. The van der Waals surface area contributed by atoms with Crippen LogP contribution in [0.4, 0.5) is 5.69 Å². The topological polar surface area (TPSA) is 129 Å². The van der Waals surface area contributed by atoms with E-state index in [4.69, 9.17) is 9.47 Å². The predicted octanol–water partition coefficient (Wildman–Crippen LogP) is 1.67. The van der Waals surface area contributed by atoms with Crippen LogP contribution in [-0.2, 0) is 31.4 Å². The van der Waals surface area contributed by atoms with Gasteiger partial charge in [-0.3, -0.25) is 14.3 Å². The van der Waals surface area contributed by atoms with Crippen molar-refractivity contribution in [2.45, 2.75) is 4.90 Å². The fraction of sp³-hybridized carbons (Fsp3) is 0.150. The Kier molecular flexibility index (Phi) is 7.00. The first kappa shape index (κ1) is 22.0. The van der Waals surface area contributed by atoms with Crippen LogP contribution in [0.15, 0.2) is 71.9 Å². The summed E-state index contributed by atoms with van der Waals surface area (Å²) in [7, 11) is -2.34. The number of benzene rings is 2. The molecule has 3 rings (SSSR count). The van der Waals surface area contributed by atoms with Crippen molar-refractivity contribution in [3.63, 3.8) is 0 Å². The largest absolute Gasteiger partial charge is 0.457 e. The summed E-state index contributed by atoms with van der Waals surface area (Å²) in [4.78, 5) is 23.7. The molecule has 10 nitrogen and oxygen atoms in total. The Bertz CT molecular complexity index is 1160. The van der Waals surface area contributed by atoms with Crippen molar-refractivity contribution in [3.8, 4) is 11.5 Å². The minimum atomic E-state index is -3.90. The van der Waals surface area contributed by atoms with Gasteiger partial charge in [0.25, 0.3) is 5.91 Å². The highest BCUT2D eigenvalue weighted by molar-refractivity contribution is 7.89. The summed E-state index contributed by atoms with van der Waals surface area (Å²) in [6.45, 7) is -1.19. The van der Waals surface area contributed by atoms with Crippen LogP contribution in [0.25, 0.3) is 0 Å². The number of amides is 1. The highest BCUT2D eigenvalue weighted by Crippen LogP contribution is 2.23. The van der Waals surface area contributed by atoms with Gasteiger partial charge >= 0.3 is 5.97 Å². The minimum absolute atomic E-state index is 0.0850. The summed E-state index contributed by atoms with van der Waals surface area (Å²) in [5, 5.41) is 6.34. The van der Waals surface area contributed by atoms with E-state index in [-0.39, 0.29) is 4.90 Å². The minimum Gasteiger partial charge on any atom is -0.457 e. The lowest BCUT2D eigenvalue weighted by molar-refractivity contribution is -0.146. The Labute approximate surface area is 178 Å². The Morgan fingerprint density at radius 2 is 1.81 bits per heavy atom. The SMILES string of the molecule is Cn1cc(S(=O)(=O)NCC(=O)OCC(=O)Nc2cccc(Oc3ccccc3)c2)cn1. The highest BCUT2D eigenvalue weighted by atomic mass is 32.2. The normalized spacial score (nSPS) is 11.0. The lowest BCUT2D eigenvalue weighted by Gasteiger charge is -2.09. The first-order valence-electron chi connectivity index (χ1n) is 9.08. The van der Waals surface area contributed by atoms with Gasteiger partial charge in [-0.15, -0.1) is 0 Å². The first-order valence-corrected chi connectivity index (χ1v) is 10.6. The smallest absolute Gasteiger partial charge is 0.321 e. The number of rotatable bonds is 9. The number of aromatic nitrogens is 2. The molecule has 0 aliphatic rings. The van der Waals surface area contributed by atoms with Crippen molar-refractivity contribution in [3.05, 3.63) is 67.0 Å². The van der Waals surface area contributed by atoms with Crippen LogP contribution in [0.1, 0.15) is 0 Å². The monoisotopic (exact) mass is 444 g/mol. The van der Waals surface area contributed by atoms with Crippen LogP contribution < -0.4 is 14.8 Å². The Balaban J connectivity index is 1.45. The summed E-state index contributed by atoms with van der Waals surface area (Å²) < 4.78 is 38.0. The van der Waals surface area contributed by atoms with Crippen LogP contribution in [0.2, 0.25) is 0 Å². The number of carbonyl (C=O) groups excluding carboxylic acids is 2. The third-order valence-corrected chi connectivity index (χ3v) is 5.21. The van der Waals surface area contributed by atoms with Gasteiger partial charge in [0, 0.05) is 25.0 Å². The number of ether oxygens (including phenoxy) is 2. The second kappa shape index (κ2) is 9.87. The number of hydrogen-bond acceptors (Lipinski definition) is 7.